The fraction of sp³-hybridized carbons (Fsp3) is 0.571. The third-order valence-corrected chi connectivity index (χ3v) is 3.69. The fourth-order valence-corrected chi connectivity index (χ4v) is 2.40. The van der Waals surface area contributed by atoms with E-state index in [9.17, 15) is 9.18 Å². The van der Waals surface area contributed by atoms with Gasteiger partial charge in [0, 0.05) is 12.7 Å². The normalized spacial score (nSPS) is 17.4. The molecule has 0 bridgehead atoms. The molecule has 0 atom stereocenters. The van der Waals surface area contributed by atoms with Gasteiger partial charge in [0.2, 0.25) is 0 Å². The van der Waals surface area contributed by atoms with Gasteiger partial charge in [-0.25, -0.2) is 4.39 Å². The number of nitrogens with one attached hydrogen (secondary N) is 1. The molecular weight excluding hydrogens is 245 g/mol. The maximum Gasteiger partial charge on any atom is 0.254 e. The molecule has 1 N–H and O–H groups in total. The minimum absolute atomic E-state index is 0.0679. The molecule has 4 nitrogen and oxygen atoms in total. The molecule has 1 aliphatic rings. The van der Waals surface area contributed by atoms with Gasteiger partial charge < -0.3 is 10.2 Å². The number of carbonyl (C=O) groups is 1. The predicted octanol–water partition coefficient (Wildman–Crippen LogP) is 1.68. The molecule has 1 aromatic heterocycles. The van der Waals surface area contributed by atoms with E-state index in [1.54, 1.807) is 0 Å². The molecule has 0 saturated carbocycles. The Balaban J connectivity index is 1.74. The van der Waals surface area contributed by atoms with Gasteiger partial charge in [-0.3, -0.25) is 9.78 Å². The zero-order valence-corrected chi connectivity index (χ0v) is 11.2. The van der Waals surface area contributed by atoms with Crippen molar-refractivity contribution in [1.29, 1.82) is 0 Å². The van der Waals surface area contributed by atoms with Crippen LogP contribution in [0.5, 0.6) is 0 Å². The van der Waals surface area contributed by atoms with Crippen LogP contribution in [0, 0.1) is 11.7 Å². The zero-order valence-electron chi connectivity index (χ0n) is 11.2. The van der Waals surface area contributed by atoms with E-state index in [0.717, 1.165) is 25.7 Å². The number of nitrogens with zero attached hydrogens (tertiary/aromatic N) is 2. The van der Waals surface area contributed by atoms with Crippen LogP contribution < -0.4 is 5.32 Å². The molecule has 0 aliphatic carbocycles. The van der Waals surface area contributed by atoms with Crippen LogP contribution in [0.4, 0.5) is 4.39 Å². The monoisotopic (exact) mass is 265 g/mol. The number of pyridine rings is 1. The summed E-state index contributed by atoms with van der Waals surface area (Å²) in [5.74, 6) is -0.258. The number of likely N-dealkylation sites (tertiary alicyclic amines) is 1. The Kier molecular flexibility index (Phi) is 4.85. The van der Waals surface area contributed by atoms with Gasteiger partial charge in [-0.1, -0.05) is 0 Å². The van der Waals surface area contributed by atoms with Crippen LogP contribution in [0.1, 0.15) is 29.6 Å². The molecule has 1 aliphatic heterocycles. The smallest absolute Gasteiger partial charge is 0.254 e. The van der Waals surface area contributed by atoms with Gasteiger partial charge in [-0.05, 0) is 51.4 Å². The first-order valence-corrected chi connectivity index (χ1v) is 6.73. The number of hydrogen-bond acceptors (Lipinski definition) is 3. The van der Waals surface area contributed by atoms with Crippen molar-refractivity contribution in [2.75, 3.05) is 26.7 Å². The van der Waals surface area contributed by atoms with Gasteiger partial charge in [-0.2, -0.15) is 0 Å². The van der Waals surface area contributed by atoms with Crippen molar-refractivity contribution >= 4 is 5.91 Å². The number of hydrogen-bond donors (Lipinski definition) is 1. The quantitative estimate of drug-likeness (QED) is 0.901. The molecule has 1 amide bonds. The summed E-state index contributed by atoms with van der Waals surface area (Å²) in [6.45, 7) is 2.85. The number of halogens is 1. The summed E-state index contributed by atoms with van der Waals surface area (Å²) in [6.07, 6.45) is 5.80. The first-order valence-electron chi connectivity index (χ1n) is 6.73. The van der Waals surface area contributed by atoms with Crippen molar-refractivity contribution in [1.82, 2.24) is 15.2 Å². The van der Waals surface area contributed by atoms with Crippen molar-refractivity contribution in [3.63, 3.8) is 0 Å². The van der Waals surface area contributed by atoms with E-state index in [1.165, 1.54) is 25.1 Å². The predicted molar refractivity (Wildman–Crippen MR) is 71.4 cm³/mol. The van der Waals surface area contributed by atoms with Crippen LogP contribution >= 0.6 is 0 Å². The molecule has 0 radical (unpaired) electrons. The van der Waals surface area contributed by atoms with E-state index in [0.29, 0.717) is 12.5 Å². The van der Waals surface area contributed by atoms with Gasteiger partial charge >= 0.3 is 0 Å². The molecule has 0 aromatic carbocycles. The number of rotatable bonds is 4. The fourth-order valence-electron chi connectivity index (χ4n) is 2.40. The van der Waals surface area contributed by atoms with Gasteiger partial charge in [0.25, 0.3) is 5.91 Å². The Morgan fingerprint density at radius 1 is 1.53 bits per heavy atom. The topological polar surface area (TPSA) is 45.2 Å². The van der Waals surface area contributed by atoms with Crippen molar-refractivity contribution in [2.24, 2.45) is 5.92 Å². The van der Waals surface area contributed by atoms with Gasteiger partial charge in [-0.15, -0.1) is 0 Å². The van der Waals surface area contributed by atoms with Crippen LogP contribution in [0.2, 0.25) is 0 Å². The van der Waals surface area contributed by atoms with Gasteiger partial charge in [0.1, 0.15) is 0 Å². The molecule has 5 heteroatoms. The highest BCUT2D eigenvalue weighted by atomic mass is 19.1. The van der Waals surface area contributed by atoms with Crippen LogP contribution in [-0.2, 0) is 0 Å². The second-order valence-electron chi connectivity index (χ2n) is 5.15. The average molecular weight is 265 g/mol. The molecule has 1 fully saturated rings. The lowest BCUT2D eigenvalue weighted by molar-refractivity contribution is 0.0944. The largest absolute Gasteiger partial charge is 0.352 e. The van der Waals surface area contributed by atoms with Crippen molar-refractivity contribution in [2.45, 2.75) is 19.3 Å². The first-order chi connectivity index (χ1) is 9.16. The molecule has 0 spiro atoms. The van der Waals surface area contributed by atoms with Crippen LogP contribution in [0.25, 0.3) is 0 Å². The minimum atomic E-state index is -0.570. The number of piperidine rings is 1. The zero-order chi connectivity index (χ0) is 13.7. The Bertz CT molecular complexity index is 430. The highest BCUT2D eigenvalue weighted by Gasteiger charge is 2.17. The van der Waals surface area contributed by atoms with E-state index in [2.05, 4.69) is 22.2 Å². The number of carbonyl (C=O) groups excluding carboxylic acids is 1. The van der Waals surface area contributed by atoms with Crippen molar-refractivity contribution in [3.8, 4) is 0 Å². The second kappa shape index (κ2) is 6.61. The van der Waals surface area contributed by atoms with E-state index in [1.807, 2.05) is 0 Å². The Labute approximate surface area is 113 Å². The van der Waals surface area contributed by atoms with Gasteiger partial charge in [0.15, 0.2) is 5.82 Å². The Morgan fingerprint density at radius 3 is 2.95 bits per heavy atom. The molecule has 1 aromatic rings. The van der Waals surface area contributed by atoms with Crippen molar-refractivity contribution in [3.05, 3.63) is 29.8 Å². The van der Waals surface area contributed by atoms with E-state index in [-0.39, 0.29) is 11.5 Å². The van der Waals surface area contributed by atoms with E-state index < -0.39 is 5.82 Å². The van der Waals surface area contributed by atoms with E-state index >= 15 is 0 Å². The van der Waals surface area contributed by atoms with Crippen LogP contribution in [0.15, 0.2) is 18.5 Å². The summed E-state index contributed by atoms with van der Waals surface area (Å²) in [7, 11) is 2.13. The molecule has 19 heavy (non-hydrogen) atoms. The summed E-state index contributed by atoms with van der Waals surface area (Å²) in [6, 6.07) is 1.40. The third kappa shape index (κ3) is 3.99. The molecule has 2 heterocycles. The van der Waals surface area contributed by atoms with Crippen molar-refractivity contribution < 1.29 is 9.18 Å². The molecule has 104 valence electrons. The maximum atomic E-state index is 13.3. The molecular formula is C14H20FN3O. The number of aromatic nitrogens is 1. The average Bonchev–Trinajstić information content (AvgIpc) is 2.41. The van der Waals surface area contributed by atoms with Gasteiger partial charge in [0.05, 0.1) is 11.8 Å². The molecule has 0 unspecified atom stereocenters. The lowest BCUT2D eigenvalue weighted by atomic mass is 9.94. The summed E-state index contributed by atoms with van der Waals surface area (Å²) in [5, 5.41) is 2.78. The Morgan fingerprint density at radius 2 is 2.26 bits per heavy atom. The third-order valence-electron chi connectivity index (χ3n) is 3.69. The lowest BCUT2D eigenvalue weighted by Crippen LogP contribution is -2.32. The number of amides is 1. The van der Waals surface area contributed by atoms with Crippen LogP contribution in [-0.4, -0.2) is 42.5 Å². The maximum absolute atomic E-state index is 13.3. The second-order valence-corrected chi connectivity index (χ2v) is 5.15. The summed E-state index contributed by atoms with van der Waals surface area (Å²) >= 11 is 0. The summed E-state index contributed by atoms with van der Waals surface area (Å²) < 4.78 is 13.3. The highest BCUT2D eigenvalue weighted by molar-refractivity contribution is 5.94. The molecule has 1 saturated heterocycles. The lowest BCUT2D eigenvalue weighted by Gasteiger charge is -2.28. The highest BCUT2D eigenvalue weighted by Crippen LogP contribution is 2.18. The van der Waals surface area contributed by atoms with E-state index in [4.69, 9.17) is 0 Å². The standard InChI is InChI=1S/C14H20FN3O/c1-18-8-4-11(5-9-18)2-7-17-14(19)12-3-6-16-10-13(12)15/h3,6,10-11H,2,4-5,7-9H2,1H3,(H,17,19). The van der Waals surface area contributed by atoms with Crippen LogP contribution in [0.3, 0.4) is 0 Å². The summed E-state index contributed by atoms with van der Waals surface area (Å²) in [4.78, 5) is 17.7. The molecule has 2 rings (SSSR count). The SMILES string of the molecule is CN1CCC(CCNC(=O)c2ccncc2F)CC1. The Hall–Kier alpha value is -1.49. The summed E-state index contributed by atoms with van der Waals surface area (Å²) in [5.41, 5.74) is 0.0679. The first kappa shape index (κ1) is 13.9. The minimum Gasteiger partial charge on any atom is -0.352 e.